The number of unbranched alkanes of at least 4 members (excludes halogenated alkanes) is 5. The quantitative estimate of drug-likeness (QED) is 0.470. The fraction of sp³-hybridized carbons (Fsp3) is 0.562. The number of hydrogen-bond acceptors (Lipinski definition) is 3. The van der Waals surface area contributed by atoms with Crippen molar-refractivity contribution in [2.24, 2.45) is 0 Å². The summed E-state index contributed by atoms with van der Waals surface area (Å²) in [6.45, 7) is 4.51. The lowest BCUT2D eigenvalue weighted by Gasteiger charge is -2.00. The van der Waals surface area contributed by atoms with Crippen LogP contribution in [0.2, 0.25) is 0 Å². The molecule has 108 valence electrons. The van der Waals surface area contributed by atoms with E-state index in [1.807, 2.05) is 0 Å². The molecule has 3 nitrogen and oxygen atoms in total. The first-order chi connectivity index (χ1) is 9.17. The molecule has 0 aromatic heterocycles. The first kappa shape index (κ1) is 17.5. The maximum Gasteiger partial charge on any atom is 0.339 e. The van der Waals surface area contributed by atoms with Gasteiger partial charge in [0.25, 0.3) is 0 Å². The molecule has 0 atom stereocenters. The van der Waals surface area contributed by atoms with Gasteiger partial charge in [0, 0.05) is 5.69 Å². The number of hydrogen-bond donors (Lipinski definition) is 1. The molecule has 0 fully saturated rings. The van der Waals surface area contributed by atoms with Gasteiger partial charge >= 0.3 is 5.97 Å². The SMILES string of the molecule is CCCCCCCC.COC(=O)c1ccccc1N. The fourth-order valence-corrected chi connectivity index (χ4v) is 1.65. The number of esters is 1. The summed E-state index contributed by atoms with van der Waals surface area (Å²) in [5.41, 5.74) is 6.35. The van der Waals surface area contributed by atoms with Crippen LogP contribution in [-0.4, -0.2) is 13.1 Å². The fourth-order valence-electron chi connectivity index (χ4n) is 1.65. The summed E-state index contributed by atoms with van der Waals surface area (Å²) in [7, 11) is 1.33. The van der Waals surface area contributed by atoms with E-state index in [0.717, 1.165) is 0 Å². The van der Waals surface area contributed by atoms with E-state index in [0.29, 0.717) is 11.3 Å². The zero-order valence-corrected chi connectivity index (χ0v) is 12.4. The van der Waals surface area contributed by atoms with Crippen LogP contribution in [0.15, 0.2) is 24.3 Å². The van der Waals surface area contributed by atoms with Gasteiger partial charge in [-0.25, -0.2) is 4.79 Å². The Balaban J connectivity index is 0.000000362. The number of carbonyl (C=O) groups excluding carboxylic acids is 1. The van der Waals surface area contributed by atoms with Crippen molar-refractivity contribution >= 4 is 11.7 Å². The van der Waals surface area contributed by atoms with E-state index in [1.165, 1.54) is 45.6 Å². The van der Waals surface area contributed by atoms with Crippen LogP contribution < -0.4 is 5.73 Å². The second kappa shape index (κ2) is 11.6. The van der Waals surface area contributed by atoms with Crippen molar-refractivity contribution < 1.29 is 9.53 Å². The zero-order chi connectivity index (χ0) is 14.5. The number of rotatable bonds is 6. The van der Waals surface area contributed by atoms with E-state index >= 15 is 0 Å². The maximum absolute atomic E-state index is 10.9. The second-order valence-corrected chi connectivity index (χ2v) is 4.49. The van der Waals surface area contributed by atoms with E-state index < -0.39 is 5.97 Å². The Kier molecular flexibility index (Phi) is 10.7. The van der Waals surface area contributed by atoms with Gasteiger partial charge in [-0.15, -0.1) is 0 Å². The maximum atomic E-state index is 10.9. The number of nitrogen functional groups attached to an aromatic ring is 1. The highest BCUT2D eigenvalue weighted by Crippen LogP contribution is 2.10. The zero-order valence-electron chi connectivity index (χ0n) is 12.4. The highest BCUT2D eigenvalue weighted by Gasteiger charge is 2.06. The molecular weight excluding hydrogens is 238 g/mol. The predicted molar refractivity (Wildman–Crippen MR) is 81.2 cm³/mol. The van der Waals surface area contributed by atoms with Gasteiger partial charge in [-0.05, 0) is 12.1 Å². The Labute approximate surface area is 117 Å². The smallest absolute Gasteiger partial charge is 0.339 e. The predicted octanol–water partition coefficient (Wildman–Crippen LogP) is 4.42. The first-order valence-corrected chi connectivity index (χ1v) is 7.10. The third kappa shape index (κ3) is 8.25. The summed E-state index contributed by atoms with van der Waals surface area (Å²) >= 11 is 0. The third-order valence-corrected chi connectivity index (χ3v) is 2.82. The minimum absolute atomic E-state index is 0.400. The molecular formula is C16H27NO2. The van der Waals surface area contributed by atoms with Crippen molar-refractivity contribution in [2.45, 2.75) is 52.4 Å². The Hall–Kier alpha value is -1.51. The molecule has 0 radical (unpaired) electrons. The molecule has 0 aliphatic carbocycles. The molecule has 0 bridgehead atoms. The Morgan fingerprint density at radius 3 is 2.00 bits per heavy atom. The van der Waals surface area contributed by atoms with Gasteiger partial charge < -0.3 is 10.5 Å². The molecule has 1 aromatic carbocycles. The van der Waals surface area contributed by atoms with Crippen molar-refractivity contribution in [2.75, 3.05) is 12.8 Å². The van der Waals surface area contributed by atoms with E-state index in [9.17, 15) is 4.79 Å². The number of anilines is 1. The normalized spacial score (nSPS) is 9.42. The van der Waals surface area contributed by atoms with Crippen LogP contribution in [0.1, 0.15) is 62.7 Å². The van der Waals surface area contributed by atoms with Crippen molar-refractivity contribution in [3.05, 3.63) is 29.8 Å². The van der Waals surface area contributed by atoms with E-state index in [4.69, 9.17) is 5.73 Å². The summed E-state index contributed by atoms with van der Waals surface area (Å²) in [6, 6.07) is 6.79. The molecule has 0 aliphatic rings. The van der Waals surface area contributed by atoms with Crippen LogP contribution in [0.3, 0.4) is 0 Å². The molecule has 0 aliphatic heterocycles. The van der Waals surface area contributed by atoms with Crippen LogP contribution in [0.4, 0.5) is 5.69 Å². The molecule has 0 spiro atoms. The van der Waals surface area contributed by atoms with Crippen LogP contribution in [0.5, 0.6) is 0 Å². The number of methoxy groups -OCH3 is 1. The molecule has 0 heterocycles. The minimum atomic E-state index is -0.400. The number of carbonyl (C=O) groups is 1. The molecule has 19 heavy (non-hydrogen) atoms. The second-order valence-electron chi connectivity index (χ2n) is 4.49. The summed E-state index contributed by atoms with van der Waals surface area (Å²) in [5.74, 6) is -0.400. The van der Waals surface area contributed by atoms with Crippen LogP contribution >= 0.6 is 0 Å². The number of nitrogens with two attached hydrogens (primary N) is 1. The van der Waals surface area contributed by atoms with Gasteiger partial charge in [-0.3, -0.25) is 0 Å². The van der Waals surface area contributed by atoms with Gasteiger partial charge in [-0.1, -0.05) is 64.5 Å². The highest BCUT2D eigenvalue weighted by atomic mass is 16.5. The standard InChI is InChI=1S/C8H9NO2.C8H18/c1-11-8(10)6-4-2-3-5-7(6)9;1-3-5-7-8-6-4-2/h2-5H,9H2,1H3;3-8H2,1-2H3. The van der Waals surface area contributed by atoms with Crippen LogP contribution in [0, 0.1) is 0 Å². The first-order valence-electron chi connectivity index (χ1n) is 7.10. The number of para-hydroxylation sites is 1. The Morgan fingerprint density at radius 2 is 1.58 bits per heavy atom. The monoisotopic (exact) mass is 265 g/mol. The lowest BCUT2D eigenvalue weighted by Crippen LogP contribution is -2.04. The van der Waals surface area contributed by atoms with E-state index in [1.54, 1.807) is 24.3 Å². The third-order valence-electron chi connectivity index (χ3n) is 2.82. The average Bonchev–Trinajstić information content (AvgIpc) is 2.44. The molecule has 2 N–H and O–H groups in total. The molecule has 0 saturated heterocycles. The Morgan fingerprint density at radius 1 is 1.05 bits per heavy atom. The average molecular weight is 265 g/mol. The van der Waals surface area contributed by atoms with Gasteiger partial charge in [0.2, 0.25) is 0 Å². The minimum Gasteiger partial charge on any atom is -0.465 e. The lowest BCUT2D eigenvalue weighted by molar-refractivity contribution is 0.0602. The summed E-state index contributed by atoms with van der Waals surface area (Å²) in [4.78, 5) is 10.9. The molecule has 0 amide bonds. The van der Waals surface area contributed by atoms with Gasteiger partial charge in [0.15, 0.2) is 0 Å². The van der Waals surface area contributed by atoms with E-state index in [2.05, 4.69) is 18.6 Å². The van der Waals surface area contributed by atoms with Gasteiger partial charge in [-0.2, -0.15) is 0 Å². The van der Waals surface area contributed by atoms with Crippen LogP contribution in [-0.2, 0) is 4.74 Å². The largest absolute Gasteiger partial charge is 0.465 e. The van der Waals surface area contributed by atoms with Gasteiger partial charge in [0.1, 0.15) is 0 Å². The van der Waals surface area contributed by atoms with Gasteiger partial charge in [0.05, 0.1) is 12.7 Å². The molecule has 1 rings (SSSR count). The number of benzene rings is 1. The summed E-state index contributed by atoms with van der Waals surface area (Å²) < 4.78 is 4.50. The topological polar surface area (TPSA) is 52.3 Å². The van der Waals surface area contributed by atoms with Crippen molar-refractivity contribution in [3.8, 4) is 0 Å². The molecule has 3 heteroatoms. The Bertz CT molecular complexity index is 344. The molecule has 0 saturated carbocycles. The van der Waals surface area contributed by atoms with E-state index in [-0.39, 0.29) is 0 Å². The number of ether oxygens (including phenoxy) is 1. The lowest BCUT2D eigenvalue weighted by atomic mass is 10.1. The molecule has 0 unspecified atom stereocenters. The highest BCUT2D eigenvalue weighted by molar-refractivity contribution is 5.94. The van der Waals surface area contributed by atoms with Crippen LogP contribution in [0.25, 0.3) is 0 Å². The molecule has 1 aromatic rings. The summed E-state index contributed by atoms with van der Waals surface area (Å²) in [5, 5.41) is 0. The van der Waals surface area contributed by atoms with Crippen molar-refractivity contribution in [1.82, 2.24) is 0 Å². The van der Waals surface area contributed by atoms with Crippen molar-refractivity contribution in [1.29, 1.82) is 0 Å². The van der Waals surface area contributed by atoms with Crippen molar-refractivity contribution in [3.63, 3.8) is 0 Å². The summed E-state index contributed by atoms with van der Waals surface area (Å²) in [6.07, 6.45) is 8.49.